The molecule has 124 valence electrons. The Morgan fingerprint density at radius 2 is 1.81 bits per heavy atom. The number of hydrogen-bond acceptors (Lipinski definition) is 2. The van der Waals surface area contributed by atoms with E-state index in [2.05, 4.69) is 28.6 Å². The smallest absolute Gasteiger partial charge is 0.191 e. The highest BCUT2D eigenvalue weighted by Gasteiger charge is 2.17. The molecule has 0 aromatic heterocycles. The summed E-state index contributed by atoms with van der Waals surface area (Å²) in [5.74, 6) is 2.44. The first-order chi connectivity index (χ1) is 9.65. The predicted molar refractivity (Wildman–Crippen MR) is 101 cm³/mol. The summed E-state index contributed by atoms with van der Waals surface area (Å²) in [6, 6.07) is 0. The van der Waals surface area contributed by atoms with Gasteiger partial charge in [-0.05, 0) is 63.6 Å². The van der Waals surface area contributed by atoms with Gasteiger partial charge < -0.3 is 15.5 Å². The molecule has 0 aliphatic carbocycles. The van der Waals surface area contributed by atoms with Gasteiger partial charge in [0, 0.05) is 19.6 Å². The molecule has 0 aromatic carbocycles. The zero-order chi connectivity index (χ0) is 14.4. The predicted octanol–water partition coefficient (Wildman–Crippen LogP) is 2.77. The van der Waals surface area contributed by atoms with Crippen molar-refractivity contribution < 1.29 is 0 Å². The lowest BCUT2D eigenvalue weighted by Gasteiger charge is -2.32. The molecular formula is C16H33IN4. The average molecular weight is 408 g/mol. The Balaban J connectivity index is 0.00000220. The van der Waals surface area contributed by atoms with Crippen LogP contribution in [-0.4, -0.2) is 55.0 Å². The van der Waals surface area contributed by atoms with E-state index in [0.29, 0.717) is 0 Å². The van der Waals surface area contributed by atoms with E-state index in [1.54, 1.807) is 0 Å². The number of rotatable bonds is 4. The molecule has 2 aliphatic heterocycles. The molecule has 4 nitrogen and oxygen atoms in total. The van der Waals surface area contributed by atoms with Crippen molar-refractivity contribution in [2.45, 2.75) is 46.0 Å². The quantitative estimate of drug-likeness (QED) is 0.337. The minimum atomic E-state index is 0. The Hall–Kier alpha value is -0.0400. The molecule has 0 aromatic rings. The van der Waals surface area contributed by atoms with Crippen molar-refractivity contribution in [3.05, 3.63) is 0 Å². The van der Waals surface area contributed by atoms with Gasteiger partial charge in [0.05, 0.1) is 0 Å². The number of halogens is 1. The van der Waals surface area contributed by atoms with Gasteiger partial charge in [0.1, 0.15) is 0 Å². The summed E-state index contributed by atoms with van der Waals surface area (Å²) in [7, 11) is 0. The van der Waals surface area contributed by atoms with Gasteiger partial charge in [0.25, 0.3) is 0 Å². The number of guanidine groups is 1. The monoisotopic (exact) mass is 408 g/mol. The van der Waals surface area contributed by atoms with Crippen molar-refractivity contribution in [2.24, 2.45) is 22.6 Å². The summed E-state index contributed by atoms with van der Waals surface area (Å²) in [6.45, 7) is 11.4. The van der Waals surface area contributed by atoms with Crippen LogP contribution < -0.4 is 5.73 Å². The lowest BCUT2D eigenvalue weighted by atomic mass is 9.99. The highest BCUT2D eigenvalue weighted by molar-refractivity contribution is 14.0. The van der Waals surface area contributed by atoms with Crippen molar-refractivity contribution in [3.63, 3.8) is 0 Å². The lowest BCUT2D eigenvalue weighted by molar-refractivity contribution is 0.191. The molecule has 0 radical (unpaired) electrons. The van der Waals surface area contributed by atoms with E-state index in [4.69, 9.17) is 5.73 Å². The van der Waals surface area contributed by atoms with Crippen LogP contribution in [0, 0.1) is 11.8 Å². The summed E-state index contributed by atoms with van der Waals surface area (Å²) < 4.78 is 0. The first-order valence-corrected chi connectivity index (χ1v) is 8.42. The highest BCUT2D eigenvalue weighted by atomic mass is 127. The van der Waals surface area contributed by atoms with Crippen LogP contribution >= 0.6 is 24.0 Å². The molecule has 2 saturated heterocycles. The molecule has 0 amide bonds. The Labute approximate surface area is 147 Å². The first kappa shape index (κ1) is 19.0. The minimum Gasteiger partial charge on any atom is -0.370 e. The Morgan fingerprint density at radius 1 is 1.10 bits per heavy atom. The average Bonchev–Trinajstić information content (AvgIpc) is 2.45. The number of nitrogens with zero attached hydrogens (tertiary/aromatic N) is 3. The Kier molecular flexibility index (Phi) is 8.94. The van der Waals surface area contributed by atoms with E-state index in [0.717, 1.165) is 43.9 Å². The third-order valence-electron chi connectivity index (χ3n) is 4.76. The van der Waals surface area contributed by atoms with Crippen LogP contribution in [0.2, 0.25) is 0 Å². The van der Waals surface area contributed by atoms with Gasteiger partial charge >= 0.3 is 0 Å². The molecule has 2 aliphatic rings. The van der Waals surface area contributed by atoms with Crippen LogP contribution in [0.3, 0.4) is 0 Å². The van der Waals surface area contributed by atoms with Crippen molar-refractivity contribution in [1.82, 2.24) is 9.80 Å². The molecule has 1 unspecified atom stereocenters. The van der Waals surface area contributed by atoms with Crippen LogP contribution in [-0.2, 0) is 0 Å². The van der Waals surface area contributed by atoms with Crippen LogP contribution in [0.5, 0.6) is 0 Å². The second-order valence-electron chi connectivity index (χ2n) is 6.81. The maximum Gasteiger partial charge on any atom is 0.191 e. The van der Waals surface area contributed by atoms with E-state index < -0.39 is 0 Å². The maximum absolute atomic E-state index is 6.11. The van der Waals surface area contributed by atoms with E-state index >= 15 is 0 Å². The standard InChI is InChI=1S/C16H32N4.HI/c1-14-6-11-19(12-7-14)9-4-8-18-16(17)20-10-3-5-15(2)13-20;/h14-15H,3-13H2,1-2H3,(H2,17,18);1H. The Morgan fingerprint density at radius 3 is 2.48 bits per heavy atom. The molecule has 0 spiro atoms. The number of piperidine rings is 2. The molecule has 2 rings (SSSR count). The fourth-order valence-corrected chi connectivity index (χ4v) is 3.27. The lowest BCUT2D eigenvalue weighted by Crippen LogP contribution is -2.43. The summed E-state index contributed by atoms with van der Waals surface area (Å²) in [4.78, 5) is 9.41. The zero-order valence-electron chi connectivity index (χ0n) is 13.8. The van der Waals surface area contributed by atoms with Crippen molar-refractivity contribution in [2.75, 3.05) is 39.3 Å². The van der Waals surface area contributed by atoms with Crippen LogP contribution in [0.25, 0.3) is 0 Å². The van der Waals surface area contributed by atoms with Crippen LogP contribution in [0.15, 0.2) is 4.99 Å². The number of nitrogens with two attached hydrogens (primary N) is 1. The van der Waals surface area contributed by atoms with Crippen molar-refractivity contribution >= 4 is 29.9 Å². The molecule has 0 bridgehead atoms. The van der Waals surface area contributed by atoms with Crippen LogP contribution in [0.1, 0.15) is 46.0 Å². The van der Waals surface area contributed by atoms with Crippen molar-refractivity contribution in [1.29, 1.82) is 0 Å². The SMILES string of the molecule is CC1CCN(CCCN=C(N)N2CCCC(C)C2)CC1.I. The molecule has 2 N–H and O–H groups in total. The summed E-state index contributed by atoms with van der Waals surface area (Å²) in [5.41, 5.74) is 6.11. The van der Waals surface area contributed by atoms with Crippen LogP contribution in [0.4, 0.5) is 0 Å². The molecule has 2 heterocycles. The van der Waals surface area contributed by atoms with E-state index in [9.17, 15) is 0 Å². The first-order valence-electron chi connectivity index (χ1n) is 8.42. The van der Waals surface area contributed by atoms with Gasteiger partial charge in [-0.3, -0.25) is 4.99 Å². The largest absolute Gasteiger partial charge is 0.370 e. The second-order valence-corrected chi connectivity index (χ2v) is 6.81. The van der Waals surface area contributed by atoms with Gasteiger partial charge in [-0.25, -0.2) is 0 Å². The topological polar surface area (TPSA) is 44.9 Å². The number of hydrogen-bond donors (Lipinski definition) is 1. The van der Waals surface area contributed by atoms with Gasteiger partial charge in [-0.15, -0.1) is 24.0 Å². The molecule has 21 heavy (non-hydrogen) atoms. The van der Waals surface area contributed by atoms with Gasteiger partial charge in [-0.2, -0.15) is 0 Å². The summed E-state index contributed by atoms with van der Waals surface area (Å²) in [6.07, 6.45) is 6.44. The van der Waals surface area contributed by atoms with Crippen molar-refractivity contribution in [3.8, 4) is 0 Å². The minimum absolute atomic E-state index is 0. The molecule has 1 atom stereocenters. The van der Waals surface area contributed by atoms with E-state index in [-0.39, 0.29) is 24.0 Å². The fraction of sp³-hybridized carbons (Fsp3) is 0.938. The Bertz CT molecular complexity index is 313. The maximum atomic E-state index is 6.11. The van der Waals surface area contributed by atoms with Gasteiger partial charge in [0.2, 0.25) is 0 Å². The number of likely N-dealkylation sites (tertiary alicyclic amines) is 2. The summed E-state index contributed by atoms with van der Waals surface area (Å²) >= 11 is 0. The molecular weight excluding hydrogens is 375 g/mol. The second kappa shape index (κ2) is 9.87. The third-order valence-corrected chi connectivity index (χ3v) is 4.76. The van der Waals surface area contributed by atoms with Gasteiger partial charge in [-0.1, -0.05) is 13.8 Å². The highest BCUT2D eigenvalue weighted by Crippen LogP contribution is 2.16. The van der Waals surface area contributed by atoms with Gasteiger partial charge in [0.15, 0.2) is 5.96 Å². The fourth-order valence-electron chi connectivity index (χ4n) is 3.27. The third kappa shape index (κ3) is 6.72. The summed E-state index contributed by atoms with van der Waals surface area (Å²) in [5, 5.41) is 0. The van der Waals surface area contributed by atoms with E-state index in [1.165, 1.54) is 45.3 Å². The molecule has 0 saturated carbocycles. The number of aliphatic imine (C=N–C) groups is 1. The normalized spacial score (nSPS) is 25.7. The molecule has 2 fully saturated rings. The molecule has 5 heteroatoms. The zero-order valence-corrected chi connectivity index (χ0v) is 16.1. The van der Waals surface area contributed by atoms with E-state index in [1.807, 2.05) is 0 Å².